The predicted molar refractivity (Wildman–Crippen MR) is 109 cm³/mol. The second-order valence-corrected chi connectivity index (χ2v) is 7.16. The van der Waals surface area contributed by atoms with Gasteiger partial charge in [-0.1, -0.05) is 36.6 Å². The van der Waals surface area contributed by atoms with Crippen LogP contribution in [0.4, 0.5) is 17.4 Å². The van der Waals surface area contributed by atoms with Crippen molar-refractivity contribution in [2.75, 3.05) is 5.32 Å². The maximum Gasteiger partial charge on any atom is 0.320 e. The van der Waals surface area contributed by atoms with Crippen molar-refractivity contribution in [3.8, 4) is 5.75 Å². The number of benzene rings is 2. The van der Waals surface area contributed by atoms with Crippen molar-refractivity contribution >= 4 is 17.4 Å². The molecule has 0 bridgehead atoms. The molecule has 1 N–H and O–H groups in total. The maximum atomic E-state index is 11.0. The van der Waals surface area contributed by atoms with Gasteiger partial charge in [0.15, 0.2) is 6.61 Å². The Morgan fingerprint density at radius 1 is 1.11 bits per heavy atom. The zero-order valence-corrected chi connectivity index (χ0v) is 16.7. The third-order valence-electron chi connectivity index (χ3n) is 4.49. The van der Waals surface area contributed by atoms with E-state index < -0.39 is 0 Å². The molecule has 28 heavy (non-hydrogen) atoms. The van der Waals surface area contributed by atoms with Gasteiger partial charge in [0, 0.05) is 5.69 Å². The fourth-order valence-corrected chi connectivity index (χ4v) is 2.93. The van der Waals surface area contributed by atoms with Crippen LogP contribution >= 0.6 is 0 Å². The standard InChI is InChI=1S/C21H24N4O3/c1-12(2)16-10-18(25-26)15(5)9-19(16)27-11-20-23-24-21(28-20)22-17-7-6-13(3)8-14(17)4/h6-10,12H,11H2,1-5H3,(H,22,24). The Morgan fingerprint density at radius 2 is 1.89 bits per heavy atom. The summed E-state index contributed by atoms with van der Waals surface area (Å²) in [6.45, 7) is 10.1. The first-order valence-electron chi connectivity index (χ1n) is 9.14. The highest BCUT2D eigenvalue weighted by atomic mass is 16.5. The van der Waals surface area contributed by atoms with E-state index in [0.717, 1.165) is 22.4 Å². The Kier molecular flexibility index (Phi) is 5.73. The van der Waals surface area contributed by atoms with Crippen LogP contribution in [0.3, 0.4) is 0 Å². The monoisotopic (exact) mass is 380 g/mol. The molecule has 0 fully saturated rings. The Balaban J connectivity index is 1.72. The van der Waals surface area contributed by atoms with Crippen LogP contribution in [0, 0.1) is 25.7 Å². The molecule has 0 spiro atoms. The Hall–Kier alpha value is -3.22. The number of nitroso groups, excluding NO2 is 1. The molecule has 0 aliphatic carbocycles. The zero-order chi connectivity index (χ0) is 20.3. The first kappa shape index (κ1) is 19.5. The molecule has 0 radical (unpaired) electrons. The lowest BCUT2D eigenvalue weighted by Gasteiger charge is -2.14. The van der Waals surface area contributed by atoms with E-state index in [4.69, 9.17) is 9.15 Å². The van der Waals surface area contributed by atoms with Gasteiger partial charge in [0.1, 0.15) is 11.4 Å². The molecule has 0 aliphatic rings. The molecule has 7 nitrogen and oxygen atoms in total. The van der Waals surface area contributed by atoms with Crippen LogP contribution in [0.25, 0.3) is 0 Å². The minimum absolute atomic E-state index is 0.134. The highest BCUT2D eigenvalue weighted by Gasteiger charge is 2.14. The molecule has 7 heteroatoms. The molecule has 0 amide bonds. The second-order valence-electron chi connectivity index (χ2n) is 7.16. The molecule has 0 saturated carbocycles. The molecule has 3 rings (SSSR count). The van der Waals surface area contributed by atoms with Crippen molar-refractivity contribution in [3.05, 3.63) is 63.4 Å². The topological polar surface area (TPSA) is 89.6 Å². The Bertz CT molecular complexity index is 995. The van der Waals surface area contributed by atoms with E-state index in [-0.39, 0.29) is 12.5 Å². The zero-order valence-electron chi connectivity index (χ0n) is 16.7. The average molecular weight is 380 g/mol. The number of aromatic nitrogens is 2. The van der Waals surface area contributed by atoms with Crippen molar-refractivity contribution in [3.63, 3.8) is 0 Å². The van der Waals surface area contributed by atoms with E-state index >= 15 is 0 Å². The van der Waals surface area contributed by atoms with Crippen LogP contribution in [0.1, 0.15) is 47.9 Å². The van der Waals surface area contributed by atoms with Crippen molar-refractivity contribution in [2.24, 2.45) is 5.18 Å². The highest BCUT2D eigenvalue weighted by molar-refractivity contribution is 5.58. The number of nitrogens with one attached hydrogen (secondary N) is 1. The molecular weight excluding hydrogens is 356 g/mol. The van der Waals surface area contributed by atoms with Crippen LogP contribution in [0.15, 0.2) is 39.9 Å². The van der Waals surface area contributed by atoms with Gasteiger partial charge in [0.2, 0.25) is 0 Å². The Labute approximate surface area is 164 Å². The van der Waals surface area contributed by atoms with E-state index in [0.29, 0.717) is 23.3 Å². The number of nitrogens with zero attached hydrogens (tertiary/aromatic N) is 3. The number of hydrogen-bond donors (Lipinski definition) is 1. The summed E-state index contributed by atoms with van der Waals surface area (Å²) in [6, 6.07) is 9.97. The van der Waals surface area contributed by atoms with Crippen molar-refractivity contribution in [1.82, 2.24) is 10.2 Å². The lowest BCUT2D eigenvalue weighted by Crippen LogP contribution is -2.01. The van der Waals surface area contributed by atoms with Gasteiger partial charge >= 0.3 is 6.01 Å². The van der Waals surface area contributed by atoms with Gasteiger partial charge in [-0.2, -0.15) is 0 Å². The van der Waals surface area contributed by atoms with Gasteiger partial charge in [-0.25, -0.2) is 0 Å². The summed E-state index contributed by atoms with van der Waals surface area (Å²) in [5, 5.41) is 14.3. The molecule has 0 atom stereocenters. The summed E-state index contributed by atoms with van der Waals surface area (Å²) < 4.78 is 11.5. The predicted octanol–water partition coefficient (Wildman–Crippen LogP) is 5.84. The van der Waals surface area contributed by atoms with Gasteiger partial charge in [-0.15, -0.1) is 10.0 Å². The van der Waals surface area contributed by atoms with E-state index in [1.165, 1.54) is 5.56 Å². The van der Waals surface area contributed by atoms with E-state index in [2.05, 4.69) is 26.8 Å². The molecule has 0 aliphatic heterocycles. The minimum Gasteiger partial charge on any atom is -0.483 e. The molecule has 1 aromatic heterocycles. The molecule has 146 valence electrons. The van der Waals surface area contributed by atoms with Gasteiger partial charge in [0.05, 0.1) is 0 Å². The van der Waals surface area contributed by atoms with Crippen LogP contribution in [0.2, 0.25) is 0 Å². The van der Waals surface area contributed by atoms with E-state index in [9.17, 15) is 4.91 Å². The number of anilines is 2. The van der Waals surface area contributed by atoms with Crippen molar-refractivity contribution < 1.29 is 9.15 Å². The van der Waals surface area contributed by atoms with E-state index in [1.807, 2.05) is 52.8 Å². The lowest BCUT2D eigenvalue weighted by atomic mass is 9.99. The van der Waals surface area contributed by atoms with E-state index in [1.54, 1.807) is 6.07 Å². The maximum absolute atomic E-state index is 11.0. The van der Waals surface area contributed by atoms with Gasteiger partial charge in [-0.3, -0.25) is 0 Å². The largest absolute Gasteiger partial charge is 0.483 e. The number of hydrogen-bond acceptors (Lipinski definition) is 7. The molecule has 2 aromatic carbocycles. The first-order chi connectivity index (χ1) is 13.4. The summed E-state index contributed by atoms with van der Waals surface area (Å²) in [5.74, 6) is 1.22. The Morgan fingerprint density at radius 3 is 2.57 bits per heavy atom. The van der Waals surface area contributed by atoms with Gasteiger partial charge < -0.3 is 14.5 Å². The SMILES string of the molecule is Cc1ccc(Nc2nnc(COc3cc(C)c(N=O)cc3C(C)C)o2)c(C)c1. The van der Waals surface area contributed by atoms with Crippen LogP contribution in [-0.2, 0) is 6.61 Å². The molecule has 1 heterocycles. The van der Waals surface area contributed by atoms with Crippen LogP contribution < -0.4 is 10.1 Å². The second kappa shape index (κ2) is 8.21. The molecule has 3 aromatic rings. The average Bonchev–Trinajstić information content (AvgIpc) is 3.09. The number of rotatable bonds is 7. The first-order valence-corrected chi connectivity index (χ1v) is 9.14. The number of aryl methyl sites for hydroxylation is 3. The fourth-order valence-electron chi connectivity index (χ4n) is 2.93. The lowest BCUT2D eigenvalue weighted by molar-refractivity contribution is 0.261. The summed E-state index contributed by atoms with van der Waals surface area (Å²) in [4.78, 5) is 11.0. The van der Waals surface area contributed by atoms with Crippen molar-refractivity contribution in [2.45, 2.75) is 47.1 Å². The summed E-state index contributed by atoms with van der Waals surface area (Å²) >= 11 is 0. The molecule has 0 saturated heterocycles. The highest BCUT2D eigenvalue weighted by Crippen LogP contribution is 2.34. The molecule has 0 unspecified atom stereocenters. The number of ether oxygens (including phenoxy) is 1. The van der Waals surface area contributed by atoms with Crippen molar-refractivity contribution in [1.29, 1.82) is 0 Å². The summed E-state index contributed by atoms with van der Waals surface area (Å²) in [7, 11) is 0. The molecular formula is C21H24N4O3. The van der Waals surface area contributed by atoms with Crippen LogP contribution in [0.5, 0.6) is 5.75 Å². The van der Waals surface area contributed by atoms with Gasteiger partial charge in [0.25, 0.3) is 5.89 Å². The normalized spacial score (nSPS) is 10.9. The van der Waals surface area contributed by atoms with Crippen LogP contribution in [-0.4, -0.2) is 10.2 Å². The summed E-state index contributed by atoms with van der Waals surface area (Å²) in [6.07, 6.45) is 0. The van der Waals surface area contributed by atoms with Gasteiger partial charge in [-0.05, 0) is 66.8 Å². The third kappa shape index (κ3) is 4.36. The summed E-state index contributed by atoms with van der Waals surface area (Å²) in [5.41, 5.74) is 5.29. The smallest absolute Gasteiger partial charge is 0.320 e. The third-order valence-corrected chi connectivity index (χ3v) is 4.49. The quantitative estimate of drug-likeness (QED) is 0.518. The fraction of sp³-hybridized carbons (Fsp3) is 0.333. The minimum atomic E-state index is 0.134.